The van der Waals surface area contributed by atoms with Crippen molar-refractivity contribution >= 4 is 12.1 Å². The first-order valence-corrected chi connectivity index (χ1v) is 4.55. The summed E-state index contributed by atoms with van der Waals surface area (Å²) in [5.41, 5.74) is 3.56. The van der Waals surface area contributed by atoms with E-state index in [1.165, 1.54) is 12.5 Å². The molecule has 1 atom stereocenters. The van der Waals surface area contributed by atoms with Crippen LogP contribution in [0.5, 0.6) is 0 Å². The predicted octanol–water partition coefficient (Wildman–Crippen LogP) is 1.91. The van der Waals surface area contributed by atoms with Crippen LogP contribution in [0.3, 0.4) is 0 Å². The van der Waals surface area contributed by atoms with E-state index in [0.717, 1.165) is 0 Å². The molecule has 14 heavy (non-hydrogen) atoms. The summed E-state index contributed by atoms with van der Waals surface area (Å²) in [6, 6.07) is 10.0. The lowest BCUT2D eigenvalue weighted by atomic mass is 10.0. The van der Waals surface area contributed by atoms with Crippen LogP contribution in [0.25, 0.3) is 0 Å². The van der Waals surface area contributed by atoms with Gasteiger partial charge in [-0.3, -0.25) is 4.79 Å². The third kappa shape index (κ3) is 3.39. The summed E-state index contributed by atoms with van der Waals surface area (Å²) >= 11 is 0. The number of nitrogens with one attached hydrogen (secondary N) is 1. The molecule has 0 aliphatic carbocycles. The molecule has 0 aromatic heterocycles. The number of benzene rings is 1. The molecule has 1 unspecified atom stereocenters. The summed E-state index contributed by atoms with van der Waals surface area (Å²) in [4.78, 5) is 10.5. The highest BCUT2D eigenvalue weighted by Gasteiger charge is 1.99. The first kappa shape index (κ1) is 10.4. The lowest BCUT2D eigenvalue weighted by Crippen LogP contribution is -2.13. The van der Waals surface area contributed by atoms with Gasteiger partial charge in [0.05, 0.1) is 0 Å². The Morgan fingerprint density at radius 2 is 2.07 bits per heavy atom. The zero-order valence-electron chi connectivity index (χ0n) is 8.40. The van der Waals surface area contributed by atoms with Crippen LogP contribution >= 0.6 is 0 Å². The normalized spacial score (nSPS) is 12.7. The molecule has 0 aliphatic heterocycles. The summed E-state index contributed by atoms with van der Waals surface area (Å²) in [6.45, 7) is 3.46. The van der Waals surface area contributed by atoms with Gasteiger partial charge in [-0.2, -0.15) is 5.10 Å². The van der Waals surface area contributed by atoms with E-state index in [0.29, 0.717) is 0 Å². The van der Waals surface area contributed by atoms with E-state index in [9.17, 15) is 4.79 Å². The van der Waals surface area contributed by atoms with Crippen LogP contribution in [0, 0.1) is 0 Å². The van der Waals surface area contributed by atoms with Crippen LogP contribution in [-0.2, 0) is 4.79 Å². The van der Waals surface area contributed by atoms with Crippen molar-refractivity contribution < 1.29 is 4.79 Å². The number of carbonyl (C=O) groups excluding carboxylic acids is 1. The topological polar surface area (TPSA) is 41.5 Å². The predicted molar refractivity (Wildman–Crippen MR) is 57.2 cm³/mol. The minimum atomic E-state index is -0.151. The monoisotopic (exact) mass is 190 g/mol. The molecular formula is C11H14N2O. The molecule has 1 aromatic carbocycles. The average Bonchev–Trinajstić information content (AvgIpc) is 2.18. The summed E-state index contributed by atoms with van der Waals surface area (Å²) in [7, 11) is 0. The molecule has 3 heteroatoms. The molecule has 1 aromatic rings. The molecule has 0 radical (unpaired) electrons. The van der Waals surface area contributed by atoms with Crippen LogP contribution in [0.15, 0.2) is 35.4 Å². The van der Waals surface area contributed by atoms with E-state index in [2.05, 4.69) is 10.5 Å². The minimum Gasteiger partial charge on any atom is -0.274 e. The molecule has 3 nitrogen and oxygen atoms in total. The first-order valence-electron chi connectivity index (χ1n) is 4.55. The molecule has 74 valence electrons. The smallest absolute Gasteiger partial charge is 0.236 e. The number of hydrazone groups is 1. The molecule has 0 aliphatic rings. The lowest BCUT2D eigenvalue weighted by molar-refractivity contribution is -0.118. The van der Waals surface area contributed by atoms with Crippen molar-refractivity contribution in [3.63, 3.8) is 0 Å². The van der Waals surface area contributed by atoms with Gasteiger partial charge in [-0.15, -0.1) is 0 Å². The summed E-state index contributed by atoms with van der Waals surface area (Å²) in [5, 5.41) is 3.82. The molecule has 0 fully saturated rings. The van der Waals surface area contributed by atoms with Gasteiger partial charge in [0.25, 0.3) is 0 Å². The fourth-order valence-electron chi connectivity index (χ4n) is 1.08. The fourth-order valence-corrected chi connectivity index (χ4v) is 1.08. The molecule has 0 spiro atoms. The third-order valence-electron chi connectivity index (χ3n) is 1.85. The quantitative estimate of drug-likeness (QED) is 0.574. The van der Waals surface area contributed by atoms with E-state index in [1.807, 2.05) is 37.3 Å². The van der Waals surface area contributed by atoms with E-state index in [1.54, 1.807) is 6.21 Å². The molecule has 1 N–H and O–H groups in total. The third-order valence-corrected chi connectivity index (χ3v) is 1.85. The maximum Gasteiger partial charge on any atom is 0.236 e. The number of hydrogen-bond donors (Lipinski definition) is 1. The highest BCUT2D eigenvalue weighted by Crippen LogP contribution is 2.11. The minimum absolute atomic E-state index is 0.151. The van der Waals surface area contributed by atoms with Crippen molar-refractivity contribution in [3.8, 4) is 0 Å². The van der Waals surface area contributed by atoms with E-state index in [4.69, 9.17) is 0 Å². The Bertz CT molecular complexity index is 319. The molecule has 1 amide bonds. The Morgan fingerprint density at radius 3 is 2.64 bits per heavy atom. The molecule has 0 saturated carbocycles. The molecule has 1 rings (SSSR count). The van der Waals surface area contributed by atoms with Crippen molar-refractivity contribution in [1.82, 2.24) is 5.43 Å². The van der Waals surface area contributed by atoms with Crippen molar-refractivity contribution in [3.05, 3.63) is 35.9 Å². The Labute approximate surface area is 83.8 Å². The van der Waals surface area contributed by atoms with E-state index >= 15 is 0 Å². The van der Waals surface area contributed by atoms with Gasteiger partial charge in [0, 0.05) is 19.1 Å². The van der Waals surface area contributed by atoms with Gasteiger partial charge in [-0.1, -0.05) is 37.3 Å². The average molecular weight is 190 g/mol. The number of amides is 1. The number of nitrogens with zero attached hydrogens (tertiary/aromatic N) is 1. The maximum atomic E-state index is 10.5. The molecule has 0 bridgehead atoms. The molecular weight excluding hydrogens is 176 g/mol. The second-order valence-corrected chi connectivity index (χ2v) is 3.15. The second-order valence-electron chi connectivity index (χ2n) is 3.15. The number of carbonyl (C=O) groups is 1. The first-order chi connectivity index (χ1) is 6.70. The largest absolute Gasteiger partial charge is 0.274 e. The Hall–Kier alpha value is -1.64. The summed E-state index contributed by atoms with van der Waals surface area (Å²) in [6.07, 6.45) is 1.72. The van der Waals surface area contributed by atoms with Gasteiger partial charge in [0.15, 0.2) is 0 Å². The van der Waals surface area contributed by atoms with Gasteiger partial charge >= 0.3 is 0 Å². The summed E-state index contributed by atoms with van der Waals surface area (Å²) < 4.78 is 0. The highest BCUT2D eigenvalue weighted by molar-refractivity contribution is 5.75. The highest BCUT2D eigenvalue weighted by atomic mass is 16.2. The van der Waals surface area contributed by atoms with Crippen LogP contribution < -0.4 is 5.43 Å². The van der Waals surface area contributed by atoms with Gasteiger partial charge in [-0.25, -0.2) is 5.43 Å². The van der Waals surface area contributed by atoms with Crippen molar-refractivity contribution in [1.29, 1.82) is 0 Å². The maximum absolute atomic E-state index is 10.5. The SMILES string of the molecule is CC(=O)NN=CC(C)c1ccccc1. The van der Waals surface area contributed by atoms with Crippen molar-refractivity contribution in [2.75, 3.05) is 0 Å². The molecule has 0 heterocycles. The van der Waals surface area contributed by atoms with Crippen LogP contribution in [-0.4, -0.2) is 12.1 Å². The van der Waals surface area contributed by atoms with E-state index in [-0.39, 0.29) is 11.8 Å². The van der Waals surface area contributed by atoms with Crippen LogP contribution in [0.2, 0.25) is 0 Å². The zero-order chi connectivity index (χ0) is 10.4. The summed E-state index contributed by atoms with van der Waals surface area (Å²) in [5.74, 6) is 0.0598. The zero-order valence-corrected chi connectivity index (χ0v) is 8.40. The van der Waals surface area contributed by atoms with Crippen LogP contribution in [0.4, 0.5) is 0 Å². The van der Waals surface area contributed by atoms with Crippen LogP contribution in [0.1, 0.15) is 25.3 Å². The van der Waals surface area contributed by atoms with Gasteiger partial charge in [0.2, 0.25) is 5.91 Å². The van der Waals surface area contributed by atoms with E-state index < -0.39 is 0 Å². The molecule has 0 saturated heterocycles. The Morgan fingerprint density at radius 1 is 1.43 bits per heavy atom. The lowest BCUT2D eigenvalue weighted by Gasteiger charge is -2.04. The Balaban J connectivity index is 2.54. The van der Waals surface area contributed by atoms with Crippen molar-refractivity contribution in [2.24, 2.45) is 5.10 Å². The Kier molecular flexibility index (Phi) is 3.85. The van der Waals surface area contributed by atoms with Gasteiger partial charge in [0.1, 0.15) is 0 Å². The fraction of sp³-hybridized carbons (Fsp3) is 0.273. The number of hydrogen-bond acceptors (Lipinski definition) is 2. The number of rotatable bonds is 3. The second kappa shape index (κ2) is 5.17. The van der Waals surface area contributed by atoms with Gasteiger partial charge in [-0.05, 0) is 5.56 Å². The standard InChI is InChI=1S/C11H14N2O/c1-9(8-12-13-10(2)14)11-6-4-3-5-7-11/h3-9H,1-2H3,(H,13,14). The van der Waals surface area contributed by atoms with Crippen molar-refractivity contribution in [2.45, 2.75) is 19.8 Å². The van der Waals surface area contributed by atoms with Gasteiger partial charge < -0.3 is 0 Å².